The summed E-state index contributed by atoms with van der Waals surface area (Å²) < 4.78 is 0. The van der Waals surface area contributed by atoms with Gasteiger partial charge in [-0.05, 0) is 24.8 Å². The normalized spacial score (nSPS) is 20.4. The second kappa shape index (κ2) is 10.9. The Labute approximate surface area is 138 Å². The fourth-order valence-electron chi connectivity index (χ4n) is 3.36. The Bertz CT molecular complexity index is 367. The van der Waals surface area contributed by atoms with Gasteiger partial charge in [-0.3, -0.25) is 0 Å². The van der Waals surface area contributed by atoms with Crippen LogP contribution in [0, 0.1) is 23.7 Å². The molecule has 0 aromatic heterocycles. The summed E-state index contributed by atoms with van der Waals surface area (Å²) in [5, 5.41) is 11.2. The summed E-state index contributed by atoms with van der Waals surface area (Å²) in [4.78, 5) is 0. The van der Waals surface area contributed by atoms with Crippen molar-refractivity contribution in [2.75, 3.05) is 0 Å². The largest absolute Gasteiger partial charge is 0.374 e. The van der Waals surface area contributed by atoms with Gasteiger partial charge in [-0.15, -0.1) is 0 Å². The molecule has 1 nitrogen and oxygen atoms in total. The molecule has 22 heavy (non-hydrogen) atoms. The third-order valence-corrected chi connectivity index (χ3v) is 5.09. The zero-order chi connectivity index (χ0) is 16.3. The van der Waals surface area contributed by atoms with Gasteiger partial charge in [0.15, 0.2) is 0 Å². The van der Waals surface area contributed by atoms with Gasteiger partial charge >= 0.3 is 0 Å². The minimum atomic E-state index is -0.927. The molecule has 0 aromatic carbocycles. The van der Waals surface area contributed by atoms with Crippen LogP contribution < -0.4 is 0 Å². The molecule has 1 N–H and O–H groups in total. The molecule has 2 unspecified atom stereocenters. The number of allylic oxidation sites excluding steroid dienone is 1. The monoisotopic (exact) mass is 304 g/mol. The Morgan fingerprint density at radius 1 is 1.14 bits per heavy atom. The summed E-state index contributed by atoms with van der Waals surface area (Å²) in [7, 11) is 0. The summed E-state index contributed by atoms with van der Waals surface area (Å²) in [6.45, 7) is 6.59. The van der Waals surface area contributed by atoms with Crippen molar-refractivity contribution in [1.82, 2.24) is 0 Å². The molecule has 126 valence electrons. The fourth-order valence-corrected chi connectivity index (χ4v) is 3.36. The third-order valence-electron chi connectivity index (χ3n) is 5.09. The highest BCUT2D eigenvalue weighted by molar-refractivity contribution is 5.25. The van der Waals surface area contributed by atoms with E-state index in [-0.39, 0.29) is 5.92 Å². The van der Waals surface area contributed by atoms with Crippen LogP contribution in [-0.2, 0) is 0 Å². The number of unbranched alkanes of at least 4 members (excludes halogenated alkanes) is 4. The van der Waals surface area contributed by atoms with Gasteiger partial charge in [-0.1, -0.05) is 90.1 Å². The van der Waals surface area contributed by atoms with E-state index < -0.39 is 5.60 Å². The quantitative estimate of drug-likeness (QED) is 0.337. The van der Waals surface area contributed by atoms with Gasteiger partial charge in [-0.2, -0.15) is 0 Å². The lowest BCUT2D eigenvalue weighted by molar-refractivity contribution is 0.0483. The molecule has 2 atom stereocenters. The summed E-state index contributed by atoms with van der Waals surface area (Å²) in [6, 6.07) is 0. The van der Waals surface area contributed by atoms with Crippen molar-refractivity contribution in [3.8, 4) is 11.8 Å². The smallest absolute Gasteiger partial charge is 0.146 e. The standard InChI is InChI=1S/C21H36O/c1-4-6-8-13-17-21(22,18-14-9-7-5-2)19(3)20-15-11-10-12-16-20/h13,17,19-20,22H,4-12,15-16H2,1-3H3/b17-13-. The maximum atomic E-state index is 11.2. The molecule has 1 heteroatoms. The Hall–Kier alpha value is -0.740. The van der Waals surface area contributed by atoms with E-state index in [4.69, 9.17) is 0 Å². The molecule has 0 spiro atoms. The molecule has 0 aromatic rings. The van der Waals surface area contributed by atoms with Crippen LogP contribution in [0.25, 0.3) is 0 Å². The summed E-state index contributed by atoms with van der Waals surface area (Å²) in [5.74, 6) is 7.32. The minimum Gasteiger partial charge on any atom is -0.374 e. The molecule has 0 aliphatic heterocycles. The van der Waals surface area contributed by atoms with E-state index >= 15 is 0 Å². The first-order valence-corrected chi connectivity index (χ1v) is 9.54. The lowest BCUT2D eigenvalue weighted by atomic mass is 9.73. The summed E-state index contributed by atoms with van der Waals surface area (Å²) in [6.07, 6.45) is 17.3. The first-order valence-electron chi connectivity index (χ1n) is 9.54. The lowest BCUT2D eigenvalue weighted by Crippen LogP contribution is -2.38. The Morgan fingerprint density at radius 3 is 2.45 bits per heavy atom. The van der Waals surface area contributed by atoms with E-state index in [2.05, 4.69) is 38.7 Å². The number of hydrogen-bond donors (Lipinski definition) is 1. The topological polar surface area (TPSA) is 20.2 Å². The van der Waals surface area contributed by atoms with Crippen molar-refractivity contribution >= 4 is 0 Å². The predicted molar refractivity (Wildman–Crippen MR) is 96.7 cm³/mol. The van der Waals surface area contributed by atoms with Crippen molar-refractivity contribution in [2.24, 2.45) is 11.8 Å². The number of rotatable bonds is 8. The van der Waals surface area contributed by atoms with Crippen molar-refractivity contribution in [1.29, 1.82) is 0 Å². The van der Waals surface area contributed by atoms with E-state index in [0.29, 0.717) is 5.92 Å². The van der Waals surface area contributed by atoms with Gasteiger partial charge in [0.05, 0.1) is 0 Å². The van der Waals surface area contributed by atoms with E-state index in [1.54, 1.807) is 0 Å². The van der Waals surface area contributed by atoms with Crippen molar-refractivity contribution in [3.63, 3.8) is 0 Å². The van der Waals surface area contributed by atoms with E-state index in [1.165, 1.54) is 44.9 Å². The minimum absolute atomic E-state index is 0.236. The van der Waals surface area contributed by atoms with Crippen LogP contribution >= 0.6 is 0 Å². The van der Waals surface area contributed by atoms with Crippen molar-refractivity contribution in [2.45, 2.75) is 97.0 Å². The first kappa shape index (κ1) is 19.3. The third kappa shape index (κ3) is 6.57. The first-order chi connectivity index (χ1) is 10.6. The molecule has 0 radical (unpaired) electrons. The van der Waals surface area contributed by atoms with E-state index in [1.807, 2.05) is 6.08 Å². The van der Waals surface area contributed by atoms with Gasteiger partial charge < -0.3 is 5.11 Å². The van der Waals surface area contributed by atoms with Crippen LogP contribution in [-0.4, -0.2) is 10.7 Å². The van der Waals surface area contributed by atoms with E-state index in [0.717, 1.165) is 25.7 Å². The van der Waals surface area contributed by atoms with Gasteiger partial charge in [0.2, 0.25) is 0 Å². The zero-order valence-electron chi connectivity index (χ0n) is 15.0. The SMILES string of the molecule is CCCCC#CC(O)(/C=C\CCCC)C(C)C1CCCCC1. The maximum Gasteiger partial charge on any atom is 0.146 e. The van der Waals surface area contributed by atoms with Gasteiger partial charge in [0.1, 0.15) is 5.60 Å². The molecule has 0 heterocycles. The number of aliphatic hydroxyl groups is 1. The van der Waals surface area contributed by atoms with Crippen LogP contribution in [0.2, 0.25) is 0 Å². The van der Waals surface area contributed by atoms with E-state index in [9.17, 15) is 5.11 Å². The van der Waals surface area contributed by atoms with Crippen LogP contribution in [0.1, 0.15) is 91.4 Å². The molecule has 1 aliphatic carbocycles. The van der Waals surface area contributed by atoms with Crippen molar-refractivity contribution < 1.29 is 5.11 Å². The second-order valence-electron chi connectivity index (χ2n) is 6.96. The van der Waals surface area contributed by atoms with Gasteiger partial charge in [0, 0.05) is 12.3 Å². The van der Waals surface area contributed by atoms with Gasteiger partial charge in [0.25, 0.3) is 0 Å². The van der Waals surface area contributed by atoms with Crippen molar-refractivity contribution in [3.05, 3.63) is 12.2 Å². The predicted octanol–water partition coefficient (Wildman–Crippen LogP) is 5.87. The molecule has 0 amide bonds. The molecular formula is C21H36O. The van der Waals surface area contributed by atoms with Crippen LogP contribution in [0.15, 0.2) is 12.2 Å². The number of hydrogen-bond acceptors (Lipinski definition) is 1. The molecular weight excluding hydrogens is 268 g/mol. The molecule has 1 aliphatic rings. The maximum absolute atomic E-state index is 11.2. The summed E-state index contributed by atoms with van der Waals surface area (Å²) >= 11 is 0. The molecule has 1 rings (SSSR count). The Kier molecular flexibility index (Phi) is 9.56. The van der Waals surface area contributed by atoms with Gasteiger partial charge in [-0.25, -0.2) is 0 Å². The lowest BCUT2D eigenvalue weighted by Gasteiger charge is -2.35. The highest BCUT2D eigenvalue weighted by atomic mass is 16.3. The van der Waals surface area contributed by atoms with Crippen LogP contribution in [0.3, 0.4) is 0 Å². The molecule has 1 fully saturated rings. The molecule has 1 saturated carbocycles. The van der Waals surface area contributed by atoms with Crippen LogP contribution in [0.4, 0.5) is 0 Å². The zero-order valence-corrected chi connectivity index (χ0v) is 15.0. The molecule has 0 bridgehead atoms. The molecule has 0 saturated heterocycles. The fraction of sp³-hybridized carbons (Fsp3) is 0.810. The highest BCUT2D eigenvalue weighted by Gasteiger charge is 2.35. The summed E-state index contributed by atoms with van der Waals surface area (Å²) in [5.41, 5.74) is -0.927. The highest BCUT2D eigenvalue weighted by Crippen LogP contribution is 2.36. The second-order valence-corrected chi connectivity index (χ2v) is 6.96. The Balaban J connectivity index is 2.77. The average Bonchev–Trinajstić information content (AvgIpc) is 2.56. The van der Waals surface area contributed by atoms with Crippen LogP contribution in [0.5, 0.6) is 0 Å². The Morgan fingerprint density at radius 2 is 1.82 bits per heavy atom. The average molecular weight is 305 g/mol.